The van der Waals surface area contributed by atoms with Gasteiger partial charge in [-0.1, -0.05) is 12.1 Å². The van der Waals surface area contributed by atoms with Crippen molar-refractivity contribution in [1.29, 1.82) is 0 Å². The van der Waals surface area contributed by atoms with E-state index in [1.54, 1.807) is 12.4 Å². The van der Waals surface area contributed by atoms with Crippen LogP contribution in [0.2, 0.25) is 0 Å². The van der Waals surface area contributed by atoms with Gasteiger partial charge in [0.25, 0.3) is 0 Å². The van der Waals surface area contributed by atoms with Crippen LogP contribution in [0.1, 0.15) is 24.1 Å². The number of anilines is 1. The lowest BCUT2D eigenvalue weighted by Gasteiger charge is -2.38. The van der Waals surface area contributed by atoms with Gasteiger partial charge in [0.1, 0.15) is 5.75 Å². The van der Waals surface area contributed by atoms with Gasteiger partial charge in [-0.25, -0.2) is 9.97 Å². The number of hydrogen-bond acceptors (Lipinski definition) is 5. The summed E-state index contributed by atoms with van der Waals surface area (Å²) in [7, 11) is 0. The fraction of sp³-hybridized carbons (Fsp3) is 0.444. The monoisotopic (exact) mass is 309 g/mol. The van der Waals surface area contributed by atoms with Crippen molar-refractivity contribution in [3.63, 3.8) is 0 Å². The number of hydrogen-bond donors (Lipinski definition) is 0. The molecule has 119 valence electrons. The Kier molecular flexibility index (Phi) is 3.87. The van der Waals surface area contributed by atoms with Crippen LogP contribution in [0, 0.1) is 6.07 Å². The second kappa shape index (κ2) is 6.16. The van der Waals surface area contributed by atoms with E-state index in [-0.39, 0.29) is 0 Å². The minimum absolute atomic E-state index is 0.400. The highest BCUT2D eigenvalue weighted by Crippen LogP contribution is 2.31. The zero-order valence-electron chi connectivity index (χ0n) is 13.4. The number of nitrogens with zero attached hydrogens (tertiary/aromatic N) is 4. The van der Waals surface area contributed by atoms with Crippen LogP contribution in [0.4, 0.5) is 5.95 Å². The first-order valence-corrected chi connectivity index (χ1v) is 8.24. The van der Waals surface area contributed by atoms with Gasteiger partial charge in [-0.15, -0.1) is 0 Å². The second-order valence-electron chi connectivity index (χ2n) is 6.15. The molecule has 2 aliphatic rings. The second-order valence-corrected chi connectivity index (χ2v) is 6.15. The van der Waals surface area contributed by atoms with Crippen LogP contribution in [-0.4, -0.2) is 47.7 Å². The Labute approximate surface area is 136 Å². The van der Waals surface area contributed by atoms with Gasteiger partial charge in [-0.2, -0.15) is 0 Å². The summed E-state index contributed by atoms with van der Waals surface area (Å²) in [5.41, 5.74) is 2.67. The topological polar surface area (TPSA) is 41.5 Å². The molecule has 0 amide bonds. The highest BCUT2D eigenvalue weighted by atomic mass is 16.5. The third-order valence-electron chi connectivity index (χ3n) is 4.86. The molecule has 3 heterocycles. The summed E-state index contributed by atoms with van der Waals surface area (Å²) in [5, 5.41) is 0. The lowest BCUT2D eigenvalue weighted by Crippen LogP contribution is -2.47. The quantitative estimate of drug-likeness (QED) is 0.868. The first-order valence-electron chi connectivity index (χ1n) is 8.24. The first kappa shape index (κ1) is 14.5. The molecule has 5 nitrogen and oxygen atoms in total. The van der Waals surface area contributed by atoms with Crippen LogP contribution in [0.15, 0.2) is 30.6 Å². The van der Waals surface area contributed by atoms with E-state index >= 15 is 0 Å². The van der Waals surface area contributed by atoms with Crippen molar-refractivity contribution < 1.29 is 4.74 Å². The number of ether oxygens (including phenoxy) is 1. The molecule has 1 fully saturated rings. The summed E-state index contributed by atoms with van der Waals surface area (Å²) in [6.07, 6.45) is 4.40. The molecule has 1 aromatic heterocycles. The van der Waals surface area contributed by atoms with E-state index in [1.165, 1.54) is 11.1 Å². The average molecular weight is 309 g/mol. The Hall–Kier alpha value is -2.14. The molecule has 4 rings (SSSR count). The largest absolute Gasteiger partial charge is 0.493 e. The maximum Gasteiger partial charge on any atom is 0.225 e. The summed E-state index contributed by atoms with van der Waals surface area (Å²) in [6, 6.07) is 9.96. The number of benzene rings is 1. The third-order valence-corrected chi connectivity index (χ3v) is 4.86. The molecule has 2 aliphatic heterocycles. The fourth-order valence-corrected chi connectivity index (χ4v) is 3.38. The molecule has 0 unspecified atom stereocenters. The summed E-state index contributed by atoms with van der Waals surface area (Å²) in [4.78, 5) is 13.3. The SMILES string of the molecule is C[C@H](c1ccc2c(c1)OCC2)N1CCN(c2nc[c]cn2)CC1. The Balaban J connectivity index is 1.42. The van der Waals surface area contributed by atoms with E-state index in [1.807, 2.05) is 0 Å². The van der Waals surface area contributed by atoms with Gasteiger partial charge in [-0.05, 0) is 24.1 Å². The van der Waals surface area contributed by atoms with Crippen molar-refractivity contribution in [3.05, 3.63) is 47.8 Å². The highest BCUT2D eigenvalue weighted by molar-refractivity contribution is 5.41. The predicted octanol–water partition coefficient (Wildman–Crippen LogP) is 2.09. The average Bonchev–Trinajstić information content (AvgIpc) is 3.10. The van der Waals surface area contributed by atoms with Crippen LogP contribution in [0.5, 0.6) is 5.75 Å². The molecule has 23 heavy (non-hydrogen) atoms. The van der Waals surface area contributed by atoms with Gasteiger partial charge < -0.3 is 9.64 Å². The number of fused-ring (bicyclic) bond motifs is 1. The first-order chi connectivity index (χ1) is 11.3. The zero-order valence-corrected chi connectivity index (χ0v) is 13.4. The number of rotatable bonds is 3. The minimum Gasteiger partial charge on any atom is -0.493 e. The van der Waals surface area contributed by atoms with Gasteiger partial charge in [0, 0.05) is 57.1 Å². The Morgan fingerprint density at radius 1 is 1.13 bits per heavy atom. The smallest absolute Gasteiger partial charge is 0.225 e. The zero-order chi connectivity index (χ0) is 15.6. The van der Waals surface area contributed by atoms with Crippen LogP contribution < -0.4 is 9.64 Å². The van der Waals surface area contributed by atoms with Crippen LogP contribution >= 0.6 is 0 Å². The number of aromatic nitrogens is 2. The molecule has 1 radical (unpaired) electrons. The molecule has 5 heteroatoms. The molecule has 1 aromatic carbocycles. The fourth-order valence-electron chi connectivity index (χ4n) is 3.38. The molecule has 0 aliphatic carbocycles. The van der Waals surface area contributed by atoms with Gasteiger partial charge in [0.15, 0.2) is 0 Å². The van der Waals surface area contributed by atoms with Crippen LogP contribution in [-0.2, 0) is 6.42 Å². The maximum atomic E-state index is 5.71. The Bertz CT molecular complexity index is 668. The van der Waals surface area contributed by atoms with E-state index < -0.39 is 0 Å². The Morgan fingerprint density at radius 3 is 2.70 bits per heavy atom. The molecule has 1 atom stereocenters. The predicted molar refractivity (Wildman–Crippen MR) is 88.7 cm³/mol. The summed E-state index contributed by atoms with van der Waals surface area (Å²) >= 11 is 0. The molecule has 0 spiro atoms. The van der Waals surface area contributed by atoms with E-state index in [2.05, 4.69) is 51.0 Å². The molecule has 1 saturated heterocycles. The molecule has 0 bridgehead atoms. The molecular formula is C18H21N4O. The van der Waals surface area contributed by atoms with E-state index in [0.29, 0.717) is 6.04 Å². The molecule has 0 N–H and O–H groups in total. The Morgan fingerprint density at radius 2 is 1.91 bits per heavy atom. The standard InChI is InChI=1S/C18H21N4O/c1-14(16-4-3-15-5-12-23-17(15)13-16)21-8-10-22(11-9-21)18-19-6-2-7-20-18/h3-4,6-7,13-14H,5,8-12H2,1H3/t14-/m1/s1. The van der Waals surface area contributed by atoms with Crippen molar-refractivity contribution in [2.75, 3.05) is 37.7 Å². The van der Waals surface area contributed by atoms with Crippen molar-refractivity contribution >= 4 is 5.95 Å². The van der Waals surface area contributed by atoms with Crippen molar-refractivity contribution in [3.8, 4) is 5.75 Å². The normalized spacial score (nSPS) is 19.3. The lowest BCUT2D eigenvalue weighted by molar-refractivity contribution is 0.197. The van der Waals surface area contributed by atoms with Crippen LogP contribution in [0.25, 0.3) is 0 Å². The van der Waals surface area contributed by atoms with E-state index in [0.717, 1.165) is 50.9 Å². The van der Waals surface area contributed by atoms with Crippen molar-refractivity contribution in [2.24, 2.45) is 0 Å². The lowest BCUT2D eigenvalue weighted by atomic mass is 10.0. The summed E-state index contributed by atoms with van der Waals surface area (Å²) in [6.45, 7) is 7.04. The van der Waals surface area contributed by atoms with Crippen molar-refractivity contribution in [1.82, 2.24) is 14.9 Å². The van der Waals surface area contributed by atoms with Gasteiger partial charge in [0.05, 0.1) is 6.61 Å². The van der Waals surface area contributed by atoms with E-state index in [9.17, 15) is 0 Å². The van der Waals surface area contributed by atoms with Gasteiger partial charge in [0.2, 0.25) is 5.95 Å². The number of piperazine rings is 1. The van der Waals surface area contributed by atoms with E-state index in [4.69, 9.17) is 4.74 Å². The third kappa shape index (κ3) is 2.88. The highest BCUT2D eigenvalue weighted by Gasteiger charge is 2.24. The van der Waals surface area contributed by atoms with Gasteiger partial charge in [-0.3, -0.25) is 4.90 Å². The molecule has 2 aromatic rings. The summed E-state index contributed by atoms with van der Waals surface area (Å²) < 4.78 is 5.71. The van der Waals surface area contributed by atoms with Gasteiger partial charge >= 0.3 is 0 Å². The molecule has 0 saturated carbocycles. The van der Waals surface area contributed by atoms with Crippen molar-refractivity contribution in [2.45, 2.75) is 19.4 Å². The maximum absolute atomic E-state index is 5.71. The van der Waals surface area contributed by atoms with Crippen LogP contribution in [0.3, 0.4) is 0 Å². The summed E-state index contributed by atoms with van der Waals surface area (Å²) in [5.74, 6) is 1.88. The minimum atomic E-state index is 0.400. The molecular weight excluding hydrogens is 288 g/mol.